The lowest BCUT2D eigenvalue weighted by Gasteiger charge is -2.38. The van der Waals surface area contributed by atoms with E-state index in [-0.39, 0.29) is 12.1 Å². The largest absolute Gasteiger partial charge is 0.377 e. The number of methoxy groups -OCH3 is 1. The molecular weight excluding hydrogens is 282 g/mol. The van der Waals surface area contributed by atoms with Gasteiger partial charge in [-0.25, -0.2) is 0 Å². The van der Waals surface area contributed by atoms with Gasteiger partial charge in [-0.2, -0.15) is 4.98 Å². The van der Waals surface area contributed by atoms with Crippen molar-refractivity contribution < 1.29 is 14.0 Å². The minimum Gasteiger partial charge on any atom is -0.377 e. The Kier molecular flexibility index (Phi) is 4.82. The van der Waals surface area contributed by atoms with Crippen LogP contribution in [0.15, 0.2) is 34.9 Å². The lowest BCUT2D eigenvalue weighted by molar-refractivity contribution is -0.0626. The molecule has 0 saturated carbocycles. The predicted molar refractivity (Wildman–Crippen MR) is 80.0 cm³/mol. The molecule has 0 unspecified atom stereocenters. The van der Waals surface area contributed by atoms with Gasteiger partial charge in [-0.3, -0.25) is 4.90 Å². The average Bonchev–Trinajstić information content (AvgIpc) is 2.96. The second-order valence-electron chi connectivity index (χ2n) is 5.54. The minimum absolute atomic E-state index is 0.196. The molecule has 1 fully saturated rings. The molecule has 1 aromatic carbocycles. The SMILES string of the molecule is COCc1noc(CN2C[C@H](C)OC[C@@H]2c2ccccc2)n1. The molecule has 0 bridgehead atoms. The van der Waals surface area contributed by atoms with Crippen LogP contribution in [0.3, 0.4) is 0 Å². The zero-order chi connectivity index (χ0) is 15.4. The Morgan fingerprint density at radius 3 is 2.91 bits per heavy atom. The highest BCUT2D eigenvalue weighted by atomic mass is 16.5. The van der Waals surface area contributed by atoms with Crippen LogP contribution in [0, 0.1) is 0 Å². The van der Waals surface area contributed by atoms with E-state index in [9.17, 15) is 0 Å². The van der Waals surface area contributed by atoms with Crippen molar-refractivity contribution in [2.45, 2.75) is 32.2 Å². The van der Waals surface area contributed by atoms with Gasteiger partial charge in [-0.05, 0) is 12.5 Å². The van der Waals surface area contributed by atoms with E-state index < -0.39 is 0 Å². The first-order valence-electron chi connectivity index (χ1n) is 7.47. The smallest absolute Gasteiger partial charge is 0.240 e. The standard InChI is InChI=1S/C16H21N3O3/c1-12-8-19(9-16-17-15(11-20-2)18-22-16)14(10-21-12)13-6-4-3-5-7-13/h3-7,12,14H,8-11H2,1-2H3/t12-,14+/m0/s1. The first-order valence-corrected chi connectivity index (χ1v) is 7.47. The normalized spacial score (nSPS) is 22.8. The Morgan fingerprint density at radius 1 is 1.32 bits per heavy atom. The summed E-state index contributed by atoms with van der Waals surface area (Å²) >= 11 is 0. The first-order chi connectivity index (χ1) is 10.8. The first kappa shape index (κ1) is 15.1. The highest BCUT2D eigenvalue weighted by Crippen LogP contribution is 2.27. The fourth-order valence-corrected chi connectivity index (χ4v) is 2.74. The molecule has 1 aliphatic heterocycles. The summed E-state index contributed by atoms with van der Waals surface area (Å²) in [6.45, 7) is 4.57. The summed E-state index contributed by atoms with van der Waals surface area (Å²) in [7, 11) is 1.62. The highest BCUT2D eigenvalue weighted by Gasteiger charge is 2.29. The van der Waals surface area contributed by atoms with Crippen LogP contribution in [-0.2, 0) is 22.6 Å². The zero-order valence-electron chi connectivity index (χ0n) is 12.9. The van der Waals surface area contributed by atoms with Crippen molar-refractivity contribution in [1.29, 1.82) is 0 Å². The molecule has 0 N–H and O–H groups in total. The summed E-state index contributed by atoms with van der Waals surface area (Å²) in [5, 5.41) is 3.92. The lowest BCUT2D eigenvalue weighted by Crippen LogP contribution is -2.43. The number of morpholine rings is 1. The number of hydrogen-bond donors (Lipinski definition) is 0. The average molecular weight is 303 g/mol. The molecule has 2 heterocycles. The number of hydrogen-bond acceptors (Lipinski definition) is 6. The topological polar surface area (TPSA) is 60.6 Å². The number of rotatable bonds is 5. The van der Waals surface area contributed by atoms with E-state index in [4.69, 9.17) is 14.0 Å². The van der Waals surface area contributed by atoms with Crippen LogP contribution in [0.1, 0.15) is 30.2 Å². The fourth-order valence-electron chi connectivity index (χ4n) is 2.74. The Morgan fingerprint density at radius 2 is 2.14 bits per heavy atom. The van der Waals surface area contributed by atoms with Gasteiger partial charge in [0.15, 0.2) is 5.82 Å². The van der Waals surface area contributed by atoms with Gasteiger partial charge >= 0.3 is 0 Å². The van der Waals surface area contributed by atoms with Crippen molar-refractivity contribution in [1.82, 2.24) is 15.0 Å². The molecule has 0 spiro atoms. The number of benzene rings is 1. The molecule has 0 amide bonds. The van der Waals surface area contributed by atoms with Gasteiger partial charge in [0.25, 0.3) is 0 Å². The van der Waals surface area contributed by atoms with Crippen LogP contribution >= 0.6 is 0 Å². The van der Waals surface area contributed by atoms with Gasteiger partial charge in [0, 0.05) is 13.7 Å². The van der Waals surface area contributed by atoms with Crippen molar-refractivity contribution in [3.63, 3.8) is 0 Å². The van der Waals surface area contributed by atoms with Gasteiger partial charge in [-0.1, -0.05) is 35.5 Å². The third-order valence-corrected chi connectivity index (χ3v) is 3.78. The van der Waals surface area contributed by atoms with Gasteiger partial charge in [0.05, 0.1) is 25.3 Å². The van der Waals surface area contributed by atoms with Crippen LogP contribution < -0.4 is 0 Å². The number of aromatic nitrogens is 2. The second kappa shape index (κ2) is 7.00. The van der Waals surface area contributed by atoms with Crippen molar-refractivity contribution in [3.8, 4) is 0 Å². The maximum atomic E-state index is 5.83. The molecule has 3 rings (SSSR count). The molecule has 0 aliphatic carbocycles. The van der Waals surface area contributed by atoms with E-state index in [0.717, 1.165) is 6.54 Å². The van der Waals surface area contributed by atoms with Crippen molar-refractivity contribution in [3.05, 3.63) is 47.6 Å². The van der Waals surface area contributed by atoms with E-state index in [1.165, 1.54) is 5.56 Å². The molecule has 1 aliphatic rings. The maximum absolute atomic E-state index is 5.83. The summed E-state index contributed by atoms with van der Waals surface area (Å²) in [6, 6.07) is 10.6. The maximum Gasteiger partial charge on any atom is 0.240 e. The molecule has 1 aromatic heterocycles. The van der Waals surface area contributed by atoms with E-state index in [2.05, 4.69) is 46.2 Å². The Hall–Kier alpha value is -1.76. The van der Waals surface area contributed by atoms with E-state index in [1.807, 2.05) is 6.07 Å². The Labute approximate surface area is 130 Å². The van der Waals surface area contributed by atoms with E-state index in [0.29, 0.717) is 31.5 Å². The summed E-state index contributed by atoms with van der Waals surface area (Å²) in [5.41, 5.74) is 1.24. The van der Waals surface area contributed by atoms with Crippen molar-refractivity contribution in [2.24, 2.45) is 0 Å². The van der Waals surface area contributed by atoms with Gasteiger partial charge in [-0.15, -0.1) is 0 Å². The van der Waals surface area contributed by atoms with Gasteiger partial charge in [0.2, 0.25) is 5.89 Å². The van der Waals surface area contributed by atoms with Gasteiger partial charge < -0.3 is 14.0 Å². The molecule has 1 saturated heterocycles. The van der Waals surface area contributed by atoms with Crippen molar-refractivity contribution >= 4 is 0 Å². The summed E-state index contributed by atoms with van der Waals surface area (Å²) < 4.78 is 16.2. The molecule has 6 nitrogen and oxygen atoms in total. The third-order valence-electron chi connectivity index (χ3n) is 3.78. The molecule has 2 aromatic rings. The summed E-state index contributed by atoms with van der Waals surface area (Å²) in [5.74, 6) is 1.19. The Balaban J connectivity index is 1.75. The van der Waals surface area contributed by atoms with Crippen LogP contribution in [-0.4, -0.2) is 41.4 Å². The van der Waals surface area contributed by atoms with E-state index in [1.54, 1.807) is 7.11 Å². The highest BCUT2D eigenvalue weighted by molar-refractivity contribution is 5.19. The molecular formula is C16H21N3O3. The number of nitrogens with zero attached hydrogens (tertiary/aromatic N) is 3. The molecule has 0 radical (unpaired) electrons. The van der Waals surface area contributed by atoms with Gasteiger partial charge in [0.1, 0.15) is 6.61 Å². The fraction of sp³-hybridized carbons (Fsp3) is 0.500. The predicted octanol–water partition coefficient (Wildman–Crippen LogP) is 2.18. The molecule has 2 atom stereocenters. The second-order valence-corrected chi connectivity index (χ2v) is 5.54. The van der Waals surface area contributed by atoms with Crippen molar-refractivity contribution in [2.75, 3.05) is 20.3 Å². The lowest BCUT2D eigenvalue weighted by atomic mass is 10.0. The van der Waals surface area contributed by atoms with Crippen LogP contribution in [0.4, 0.5) is 0 Å². The molecule has 6 heteroatoms. The quantitative estimate of drug-likeness (QED) is 0.843. The summed E-state index contributed by atoms with van der Waals surface area (Å²) in [6.07, 6.45) is 0.196. The third kappa shape index (κ3) is 3.52. The molecule has 118 valence electrons. The minimum atomic E-state index is 0.196. The monoisotopic (exact) mass is 303 g/mol. The van der Waals surface area contributed by atoms with E-state index >= 15 is 0 Å². The zero-order valence-corrected chi connectivity index (χ0v) is 12.9. The number of ether oxygens (including phenoxy) is 2. The Bertz CT molecular complexity index is 587. The molecule has 22 heavy (non-hydrogen) atoms. The van der Waals surface area contributed by atoms with Crippen LogP contribution in [0.25, 0.3) is 0 Å². The van der Waals surface area contributed by atoms with Crippen LogP contribution in [0.2, 0.25) is 0 Å². The summed E-state index contributed by atoms with van der Waals surface area (Å²) in [4.78, 5) is 6.69. The van der Waals surface area contributed by atoms with Crippen LogP contribution in [0.5, 0.6) is 0 Å².